The molecule has 0 unspecified atom stereocenters. The summed E-state index contributed by atoms with van der Waals surface area (Å²) in [6, 6.07) is 3.83. The number of pyridine rings is 1. The van der Waals surface area contributed by atoms with Crippen molar-refractivity contribution >= 4 is 23.2 Å². The lowest BCUT2D eigenvalue weighted by molar-refractivity contribution is 0.351. The summed E-state index contributed by atoms with van der Waals surface area (Å²) < 4.78 is 5.62. The maximum absolute atomic E-state index is 5.81. The lowest BCUT2D eigenvalue weighted by atomic mass is 10.2. The molecular formula is C14H20Cl2N2O. The van der Waals surface area contributed by atoms with Crippen molar-refractivity contribution in [1.29, 1.82) is 0 Å². The maximum Gasteiger partial charge on any atom is 0.142 e. The van der Waals surface area contributed by atoms with E-state index in [0.717, 1.165) is 23.7 Å². The summed E-state index contributed by atoms with van der Waals surface area (Å²) in [7, 11) is 0. The SMILES string of the molecule is Cc1ccc(OCC(Cl)=CCl)c(CNCC(C)C)n1. The smallest absolute Gasteiger partial charge is 0.142 e. The number of hydrogen-bond acceptors (Lipinski definition) is 3. The van der Waals surface area contributed by atoms with Gasteiger partial charge in [0.1, 0.15) is 12.4 Å². The van der Waals surface area contributed by atoms with Crippen molar-refractivity contribution in [2.45, 2.75) is 27.3 Å². The van der Waals surface area contributed by atoms with E-state index in [4.69, 9.17) is 27.9 Å². The molecule has 0 bridgehead atoms. The molecule has 0 atom stereocenters. The summed E-state index contributed by atoms with van der Waals surface area (Å²) in [6.07, 6.45) is 0. The van der Waals surface area contributed by atoms with Crippen LogP contribution in [0.3, 0.4) is 0 Å². The van der Waals surface area contributed by atoms with E-state index in [1.165, 1.54) is 5.54 Å². The first-order chi connectivity index (χ1) is 9.02. The van der Waals surface area contributed by atoms with Gasteiger partial charge >= 0.3 is 0 Å². The zero-order valence-electron chi connectivity index (χ0n) is 11.5. The van der Waals surface area contributed by atoms with Crippen molar-refractivity contribution in [3.8, 4) is 5.75 Å². The standard InChI is InChI=1S/C14H20Cl2N2O/c1-10(2)7-17-8-13-14(5-4-11(3)18-13)19-9-12(16)6-15/h4-6,10,17H,7-9H2,1-3H3. The van der Waals surface area contributed by atoms with Gasteiger partial charge in [-0.2, -0.15) is 0 Å². The van der Waals surface area contributed by atoms with E-state index >= 15 is 0 Å². The molecule has 1 aromatic heterocycles. The van der Waals surface area contributed by atoms with Crippen molar-refractivity contribution in [2.75, 3.05) is 13.2 Å². The van der Waals surface area contributed by atoms with Gasteiger partial charge in [-0.15, -0.1) is 0 Å². The van der Waals surface area contributed by atoms with Crippen LogP contribution in [-0.4, -0.2) is 18.1 Å². The lowest BCUT2D eigenvalue weighted by Gasteiger charge is -2.12. The fraction of sp³-hybridized carbons (Fsp3) is 0.500. The number of ether oxygens (including phenoxy) is 1. The Hall–Kier alpha value is -0.770. The van der Waals surface area contributed by atoms with Gasteiger partial charge in [-0.3, -0.25) is 4.98 Å². The Kier molecular flexibility index (Phi) is 7.21. The van der Waals surface area contributed by atoms with Gasteiger partial charge in [0.15, 0.2) is 0 Å². The van der Waals surface area contributed by atoms with E-state index in [9.17, 15) is 0 Å². The van der Waals surface area contributed by atoms with Crippen LogP contribution in [0.4, 0.5) is 0 Å². The largest absolute Gasteiger partial charge is 0.486 e. The second-order valence-electron chi connectivity index (χ2n) is 4.77. The highest BCUT2D eigenvalue weighted by Gasteiger charge is 2.07. The Labute approximate surface area is 125 Å². The van der Waals surface area contributed by atoms with Crippen LogP contribution in [0.15, 0.2) is 22.7 Å². The molecule has 1 aromatic rings. The number of halogens is 2. The molecule has 0 radical (unpaired) electrons. The normalized spacial score (nSPS) is 12.0. The zero-order valence-corrected chi connectivity index (χ0v) is 13.1. The third kappa shape index (κ3) is 6.28. The van der Waals surface area contributed by atoms with Crippen LogP contribution < -0.4 is 10.1 Å². The van der Waals surface area contributed by atoms with Crippen LogP contribution in [-0.2, 0) is 6.54 Å². The summed E-state index contributed by atoms with van der Waals surface area (Å²) in [5.41, 5.74) is 3.16. The predicted octanol–water partition coefficient (Wildman–Crippen LogP) is 3.83. The third-order valence-electron chi connectivity index (χ3n) is 2.40. The minimum Gasteiger partial charge on any atom is -0.486 e. The highest BCUT2D eigenvalue weighted by molar-refractivity contribution is 6.36. The van der Waals surface area contributed by atoms with Crippen molar-refractivity contribution in [2.24, 2.45) is 5.92 Å². The van der Waals surface area contributed by atoms with Gasteiger partial charge in [0, 0.05) is 17.8 Å². The average Bonchev–Trinajstić information content (AvgIpc) is 2.37. The summed E-state index contributed by atoms with van der Waals surface area (Å²) in [5, 5.41) is 3.82. The maximum atomic E-state index is 5.81. The molecule has 106 valence electrons. The first-order valence-electron chi connectivity index (χ1n) is 6.27. The van der Waals surface area contributed by atoms with Crippen LogP contribution in [0.2, 0.25) is 0 Å². The Morgan fingerprint density at radius 1 is 1.47 bits per heavy atom. The second-order valence-corrected chi connectivity index (χ2v) is 5.47. The van der Waals surface area contributed by atoms with E-state index < -0.39 is 0 Å². The van der Waals surface area contributed by atoms with Crippen LogP contribution >= 0.6 is 23.2 Å². The molecule has 0 amide bonds. The van der Waals surface area contributed by atoms with Gasteiger partial charge in [-0.1, -0.05) is 37.0 Å². The fourth-order valence-corrected chi connectivity index (χ4v) is 1.63. The van der Waals surface area contributed by atoms with Crippen LogP contribution in [0, 0.1) is 12.8 Å². The molecule has 0 aliphatic heterocycles. The first kappa shape index (κ1) is 16.3. The monoisotopic (exact) mass is 302 g/mol. The predicted molar refractivity (Wildman–Crippen MR) is 80.8 cm³/mol. The molecule has 0 fully saturated rings. The van der Waals surface area contributed by atoms with Crippen molar-refractivity contribution in [3.63, 3.8) is 0 Å². The van der Waals surface area contributed by atoms with Crippen LogP contribution in [0.25, 0.3) is 0 Å². The Bertz CT molecular complexity index is 433. The summed E-state index contributed by atoms with van der Waals surface area (Å²) in [6.45, 7) is 8.17. The summed E-state index contributed by atoms with van der Waals surface area (Å²) >= 11 is 11.3. The number of nitrogens with zero attached hydrogens (tertiary/aromatic N) is 1. The van der Waals surface area contributed by atoms with E-state index in [1.807, 2.05) is 19.1 Å². The molecule has 1 N–H and O–H groups in total. The molecule has 0 spiro atoms. The molecule has 0 aliphatic rings. The number of hydrogen-bond donors (Lipinski definition) is 1. The molecule has 0 aliphatic carbocycles. The molecule has 0 saturated heterocycles. The molecule has 0 aromatic carbocycles. The Morgan fingerprint density at radius 3 is 2.84 bits per heavy atom. The number of nitrogens with one attached hydrogen (secondary N) is 1. The molecule has 5 heteroatoms. The van der Waals surface area contributed by atoms with Crippen LogP contribution in [0.1, 0.15) is 25.2 Å². The molecule has 3 nitrogen and oxygen atoms in total. The Morgan fingerprint density at radius 2 is 2.21 bits per heavy atom. The van der Waals surface area contributed by atoms with Crippen LogP contribution in [0.5, 0.6) is 5.75 Å². The zero-order chi connectivity index (χ0) is 14.3. The Balaban J connectivity index is 2.68. The van der Waals surface area contributed by atoms with Gasteiger partial charge < -0.3 is 10.1 Å². The van der Waals surface area contributed by atoms with E-state index in [0.29, 0.717) is 17.5 Å². The highest BCUT2D eigenvalue weighted by atomic mass is 35.5. The molecular weight excluding hydrogens is 283 g/mol. The topological polar surface area (TPSA) is 34.1 Å². The van der Waals surface area contributed by atoms with E-state index in [-0.39, 0.29) is 6.61 Å². The highest BCUT2D eigenvalue weighted by Crippen LogP contribution is 2.18. The number of aromatic nitrogens is 1. The number of aryl methyl sites for hydroxylation is 1. The first-order valence-corrected chi connectivity index (χ1v) is 7.09. The van der Waals surface area contributed by atoms with Gasteiger partial charge in [-0.05, 0) is 31.5 Å². The van der Waals surface area contributed by atoms with E-state index in [1.54, 1.807) is 0 Å². The van der Waals surface area contributed by atoms with Crippen molar-refractivity contribution in [1.82, 2.24) is 10.3 Å². The average molecular weight is 303 g/mol. The van der Waals surface area contributed by atoms with Gasteiger partial charge in [0.25, 0.3) is 0 Å². The molecule has 1 heterocycles. The number of rotatable bonds is 7. The minimum atomic E-state index is 0.257. The molecule has 19 heavy (non-hydrogen) atoms. The van der Waals surface area contributed by atoms with Gasteiger partial charge in [0.2, 0.25) is 0 Å². The van der Waals surface area contributed by atoms with Gasteiger partial charge in [0.05, 0.1) is 10.7 Å². The van der Waals surface area contributed by atoms with E-state index in [2.05, 4.69) is 24.1 Å². The van der Waals surface area contributed by atoms with Crippen molar-refractivity contribution in [3.05, 3.63) is 34.1 Å². The van der Waals surface area contributed by atoms with Gasteiger partial charge in [-0.25, -0.2) is 0 Å². The summed E-state index contributed by atoms with van der Waals surface area (Å²) in [5.74, 6) is 1.33. The summed E-state index contributed by atoms with van der Waals surface area (Å²) in [4.78, 5) is 4.49. The molecule has 1 rings (SSSR count). The van der Waals surface area contributed by atoms with Crippen molar-refractivity contribution < 1.29 is 4.74 Å². The third-order valence-corrected chi connectivity index (χ3v) is 2.99. The minimum absolute atomic E-state index is 0.257. The molecule has 0 saturated carbocycles. The fourth-order valence-electron chi connectivity index (χ4n) is 1.51. The second kappa shape index (κ2) is 8.41. The lowest BCUT2D eigenvalue weighted by Crippen LogP contribution is -2.20. The quantitative estimate of drug-likeness (QED) is 0.831.